The van der Waals surface area contributed by atoms with Crippen molar-refractivity contribution in [2.45, 2.75) is 0 Å². The zero-order chi connectivity index (χ0) is 27.6. The van der Waals surface area contributed by atoms with Crippen LogP contribution in [0.15, 0.2) is 127 Å². The Kier molecular flexibility index (Phi) is 5.24. The fourth-order valence-corrected chi connectivity index (χ4v) is 8.37. The van der Waals surface area contributed by atoms with Gasteiger partial charge < -0.3 is 0 Å². The van der Waals surface area contributed by atoms with Crippen LogP contribution in [0.3, 0.4) is 0 Å². The lowest BCUT2D eigenvalue weighted by molar-refractivity contribution is 1.08. The third-order valence-electron chi connectivity index (χ3n) is 7.93. The fourth-order valence-electron chi connectivity index (χ4n) is 5.92. The highest BCUT2D eigenvalue weighted by atomic mass is 32.1. The number of hydrogen-bond acceptors (Lipinski definition) is 5. The van der Waals surface area contributed by atoms with E-state index in [0.29, 0.717) is 17.5 Å². The number of benzene rings is 6. The van der Waals surface area contributed by atoms with E-state index in [-0.39, 0.29) is 0 Å². The molecule has 0 radical (unpaired) electrons. The zero-order valence-electron chi connectivity index (χ0n) is 22.3. The van der Waals surface area contributed by atoms with Crippen LogP contribution >= 0.6 is 22.7 Å². The normalized spacial score (nSPS) is 11.8. The maximum Gasteiger partial charge on any atom is 0.165 e. The molecule has 0 unspecified atom stereocenters. The van der Waals surface area contributed by atoms with Gasteiger partial charge in [0.15, 0.2) is 17.5 Å². The number of hydrogen-bond donors (Lipinski definition) is 0. The summed E-state index contributed by atoms with van der Waals surface area (Å²) in [6.07, 6.45) is 0. The van der Waals surface area contributed by atoms with Gasteiger partial charge in [0.2, 0.25) is 0 Å². The van der Waals surface area contributed by atoms with Gasteiger partial charge in [0.1, 0.15) is 0 Å². The molecule has 0 aliphatic heterocycles. The van der Waals surface area contributed by atoms with Crippen LogP contribution in [0.1, 0.15) is 0 Å². The molecule has 0 atom stereocenters. The lowest BCUT2D eigenvalue weighted by Gasteiger charge is -2.10. The number of thiophene rings is 2. The second-order valence-corrected chi connectivity index (χ2v) is 12.5. The highest BCUT2D eigenvalue weighted by Crippen LogP contribution is 2.41. The first-order chi connectivity index (χ1) is 20.8. The molecule has 0 bridgehead atoms. The Morgan fingerprint density at radius 3 is 1.76 bits per heavy atom. The van der Waals surface area contributed by atoms with Gasteiger partial charge in [0, 0.05) is 57.0 Å². The summed E-state index contributed by atoms with van der Waals surface area (Å²) in [5.41, 5.74) is 2.98. The molecule has 3 nitrogen and oxygen atoms in total. The van der Waals surface area contributed by atoms with Gasteiger partial charge in [-0.05, 0) is 35.0 Å². The van der Waals surface area contributed by atoms with Crippen molar-refractivity contribution in [1.82, 2.24) is 15.0 Å². The molecule has 0 aliphatic carbocycles. The van der Waals surface area contributed by atoms with Crippen molar-refractivity contribution in [3.8, 4) is 34.2 Å². The minimum absolute atomic E-state index is 0.675. The second kappa shape index (κ2) is 9.28. The molecule has 0 spiro atoms. The molecule has 0 saturated carbocycles. The molecular weight excluding hydrogens is 551 g/mol. The van der Waals surface area contributed by atoms with Gasteiger partial charge in [0.25, 0.3) is 0 Å². The minimum Gasteiger partial charge on any atom is -0.208 e. The first-order valence-electron chi connectivity index (χ1n) is 13.9. The van der Waals surface area contributed by atoms with E-state index in [0.717, 1.165) is 16.7 Å². The van der Waals surface area contributed by atoms with Crippen LogP contribution in [0.25, 0.3) is 85.3 Å². The van der Waals surface area contributed by atoms with E-state index in [1.54, 1.807) is 11.3 Å². The van der Waals surface area contributed by atoms with Crippen molar-refractivity contribution in [3.63, 3.8) is 0 Å². The van der Waals surface area contributed by atoms with E-state index in [1.807, 2.05) is 29.5 Å². The quantitative estimate of drug-likeness (QED) is 0.212. The second-order valence-electron chi connectivity index (χ2n) is 10.4. The van der Waals surface area contributed by atoms with Crippen LogP contribution in [0.2, 0.25) is 0 Å². The number of rotatable bonds is 3. The third-order valence-corrected chi connectivity index (χ3v) is 10.4. The predicted molar refractivity (Wildman–Crippen MR) is 179 cm³/mol. The van der Waals surface area contributed by atoms with E-state index < -0.39 is 0 Å². The lowest BCUT2D eigenvalue weighted by Crippen LogP contribution is -2.00. The van der Waals surface area contributed by atoms with Gasteiger partial charge in [-0.25, -0.2) is 15.0 Å². The maximum absolute atomic E-state index is 5.11. The summed E-state index contributed by atoms with van der Waals surface area (Å²) in [6.45, 7) is 0. The van der Waals surface area contributed by atoms with Crippen LogP contribution in [0.5, 0.6) is 0 Å². The van der Waals surface area contributed by atoms with Crippen LogP contribution < -0.4 is 0 Å². The Morgan fingerprint density at radius 1 is 0.381 bits per heavy atom. The van der Waals surface area contributed by atoms with Crippen LogP contribution in [0.4, 0.5) is 0 Å². The molecule has 42 heavy (non-hydrogen) atoms. The average Bonchev–Trinajstić information content (AvgIpc) is 3.63. The molecule has 0 saturated heterocycles. The molecule has 3 heterocycles. The van der Waals surface area contributed by atoms with E-state index in [2.05, 4.69) is 109 Å². The highest BCUT2D eigenvalue weighted by molar-refractivity contribution is 7.27. The molecule has 0 N–H and O–H groups in total. The number of nitrogens with zero attached hydrogens (tertiary/aromatic N) is 3. The molecule has 0 aliphatic rings. The molecule has 6 aromatic carbocycles. The smallest absolute Gasteiger partial charge is 0.165 e. The van der Waals surface area contributed by atoms with Crippen molar-refractivity contribution in [3.05, 3.63) is 127 Å². The van der Waals surface area contributed by atoms with Crippen molar-refractivity contribution in [2.75, 3.05) is 0 Å². The lowest BCUT2D eigenvalue weighted by atomic mass is 10.0. The molecule has 3 aromatic heterocycles. The Hall–Kier alpha value is -4.97. The summed E-state index contributed by atoms with van der Waals surface area (Å²) in [7, 11) is 0. The van der Waals surface area contributed by atoms with Gasteiger partial charge >= 0.3 is 0 Å². The summed E-state index contributed by atoms with van der Waals surface area (Å²) in [5, 5.41) is 7.55. The third kappa shape index (κ3) is 3.68. The van der Waals surface area contributed by atoms with Crippen molar-refractivity contribution >= 4 is 73.8 Å². The summed E-state index contributed by atoms with van der Waals surface area (Å²) < 4.78 is 5.09. The van der Waals surface area contributed by atoms with Crippen molar-refractivity contribution in [2.24, 2.45) is 0 Å². The highest BCUT2D eigenvalue weighted by Gasteiger charge is 2.17. The molecule has 196 valence electrons. The largest absolute Gasteiger partial charge is 0.208 e. The van der Waals surface area contributed by atoms with E-state index in [4.69, 9.17) is 15.0 Å². The summed E-state index contributed by atoms with van der Waals surface area (Å²) in [5.74, 6) is 2.04. The number of aromatic nitrogens is 3. The number of fused-ring (bicyclic) bond motifs is 8. The zero-order valence-corrected chi connectivity index (χ0v) is 23.9. The SMILES string of the molecule is c1ccc(-c2nc(-c3ccc4c(ccc5c6ccccc6sc45)c3)nc(-c3cccc4c3sc3ccccc34)n2)cc1. The van der Waals surface area contributed by atoms with Crippen LogP contribution in [-0.2, 0) is 0 Å². The molecule has 9 aromatic rings. The Labute approximate surface area is 249 Å². The van der Waals surface area contributed by atoms with E-state index in [1.165, 1.54) is 51.1 Å². The van der Waals surface area contributed by atoms with Crippen molar-refractivity contribution in [1.29, 1.82) is 0 Å². The monoisotopic (exact) mass is 571 g/mol. The van der Waals surface area contributed by atoms with Crippen LogP contribution in [-0.4, -0.2) is 15.0 Å². The summed E-state index contributed by atoms with van der Waals surface area (Å²) in [4.78, 5) is 15.2. The summed E-state index contributed by atoms with van der Waals surface area (Å²) in [6, 6.07) is 44.9. The maximum atomic E-state index is 5.11. The molecule has 5 heteroatoms. The standard InChI is InChI=1S/C37H21N3S2/c1-2-9-22(10-3-1)35-38-36(40-37(39-35)30-14-8-13-28-26-11-4-6-15-31(26)42-34(28)30)24-18-19-25-23(21-24)17-20-29-27-12-5-7-16-32(27)41-33(25)29/h1-21H. The van der Waals surface area contributed by atoms with Gasteiger partial charge in [-0.1, -0.05) is 103 Å². The minimum atomic E-state index is 0.675. The summed E-state index contributed by atoms with van der Waals surface area (Å²) >= 11 is 3.65. The molecule has 0 fully saturated rings. The van der Waals surface area contributed by atoms with Crippen molar-refractivity contribution < 1.29 is 0 Å². The topological polar surface area (TPSA) is 38.7 Å². The molecule has 0 amide bonds. The Bertz CT molecular complexity index is 2470. The molecular formula is C37H21N3S2. The fraction of sp³-hybridized carbons (Fsp3) is 0. The Balaban J connectivity index is 1.27. The van der Waals surface area contributed by atoms with Gasteiger partial charge in [-0.3, -0.25) is 0 Å². The van der Waals surface area contributed by atoms with E-state index >= 15 is 0 Å². The van der Waals surface area contributed by atoms with Gasteiger partial charge in [-0.2, -0.15) is 0 Å². The Morgan fingerprint density at radius 2 is 0.976 bits per heavy atom. The van der Waals surface area contributed by atoms with Crippen LogP contribution in [0, 0.1) is 0 Å². The average molecular weight is 572 g/mol. The van der Waals surface area contributed by atoms with E-state index in [9.17, 15) is 0 Å². The van der Waals surface area contributed by atoms with Gasteiger partial charge in [0.05, 0.1) is 0 Å². The van der Waals surface area contributed by atoms with Gasteiger partial charge in [-0.15, -0.1) is 22.7 Å². The molecule has 9 rings (SSSR count). The first kappa shape index (κ1) is 23.7. The first-order valence-corrected chi connectivity index (χ1v) is 15.5. The predicted octanol–water partition coefficient (Wildman–Crippen LogP) is 10.8.